The van der Waals surface area contributed by atoms with Crippen molar-refractivity contribution in [1.29, 1.82) is 5.26 Å². The molecule has 2 saturated carbocycles. The van der Waals surface area contributed by atoms with E-state index in [9.17, 15) is 28.3 Å². The number of carbonyl (C=O) groups excluding carboxylic acids is 1. The highest BCUT2D eigenvalue weighted by molar-refractivity contribution is 5.98. The second kappa shape index (κ2) is 10.3. The molecule has 1 amide bonds. The lowest BCUT2D eigenvalue weighted by Gasteiger charge is -2.43. The van der Waals surface area contributed by atoms with E-state index in [0.717, 1.165) is 37.9 Å². The Morgan fingerprint density at radius 1 is 1.22 bits per heavy atom. The molecule has 0 spiro atoms. The molecule has 11 heteroatoms. The number of rotatable bonds is 8. The fourth-order valence-electron chi connectivity index (χ4n) is 5.32. The largest absolute Gasteiger partial charge is 0.416 e. The minimum Gasteiger partial charge on any atom is -0.390 e. The van der Waals surface area contributed by atoms with Crippen molar-refractivity contribution in [3.8, 4) is 6.07 Å². The van der Waals surface area contributed by atoms with Crippen LogP contribution >= 0.6 is 0 Å². The third-order valence-electron chi connectivity index (χ3n) is 7.72. The Morgan fingerprint density at radius 2 is 1.89 bits per heavy atom. The molecular weight excluding hydrogens is 485 g/mol. The van der Waals surface area contributed by atoms with Gasteiger partial charge in [0.2, 0.25) is 0 Å². The SMILES string of the molecule is CC(C)(O)C1CC(CN[C@H]2CC[C@@H](n3cc(C(N)=O)c(Nc4ccc(C(F)(F)F)cc4)n3)C(C#N)C2)C1. The van der Waals surface area contributed by atoms with Crippen LogP contribution in [0.25, 0.3) is 0 Å². The number of aromatic nitrogens is 2. The molecule has 8 nitrogen and oxygen atoms in total. The maximum absolute atomic E-state index is 12.9. The third kappa shape index (κ3) is 6.25. The van der Waals surface area contributed by atoms with Gasteiger partial charge in [-0.25, -0.2) is 0 Å². The fraction of sp³-hybridized carbons (Fsp3) is 0.577. The summed E-state index contributed by atoms with van der Waals surface area (Å²) in [5.41, 5.74) is 4.53. The summed E-state index contributed by atoms with van der Waals surface area (Å²) in [5.74, 6) is -0.0782. The molecule has 5 N–H and O–H groups in total. The van der Waals surface area contributed by atoms with Crippen LogP contribution in [0.5, 0.6) is 0 Å². The predicted octanol–water partition coefficient (Wildman–Crippen LogP) is 4.36. The van der Waals surface area contributed by atoms with E-state index in [1.165, 1.54) is 18.3 Å². The van der Waals surface area contributed by atoms with Crippen molar-refractivity contribution in [3.05, 3.63) is 41.6 Å². The number of alkyl halides is 3. The molecular formula is C26H33F3N6O2. The van der Waals surface area contributed by atoms with Crippen molar-refractivity contribution in [2.24, 2.45) is 23.5 Å². The number of nitrogens with zero attached hydrogens (tertiary/aromatic N) is 3. The Balaban J connectivity index is 1.39. The molecule has 3 atom stereocenters. The van der Waals surface area contributed by atoms with Crippen molar-refractivity contribution in [1.82, 2.24) is 15.1 Å². The second-order valence-corrected chi connectivity index (χ2v) is 10.8. The number of aliphatic hydroxyl groups is 1. The normalized spacial score (nSPS) is 26.2. The van der Waals surface area contributed by atoms with Gasteiger partial charge in [0.1, 0.15) is 5.56 Å². The van der Waals surface area contributed by atoms with Gasteiger partial charge in [-0.15, -0.1) is 0 Å². The maximum atomic E-state index is 12.9. The van der Waals surface area contributed by atoms with Gasteiger partial charge in [0.05, 0.1) is 29.2 Å². The molecule has 2 aromatic rings. The van der Waals surface area contributed by atoms with Gasteiger partial charge in [-0.3, -0.25) is 9.48 Å². The first-order valence-electron chi connectivity index (χ1n) is 12.5. The second-order valence-electron chi connectivity index (χ2n) is 10.8. The summed E-state index contributed by atoms with van der Waals surface area (Å²) < 4.78 is 40.1. The van der Waals surface area contributed by atoms with E-state index in [-0.39, 0.29) is 29.4 Å². The molecule has 2 fully saturated rings. The summed E-state index contributed by atoms with van der Waals surface area (Å²) in [4.78, 5) is 12.1. The molecule has 1 unspecified atom stereocenters. The highest BCUT2D eigenvalue weighted by Gasteiger charge is 2.39. The van der Waals surface area contributed by atoms with Gasteiger partial charge in [0.25, 0.3) is 5.91 Å². The number of nitrogens with two attached hydrogens (primary N) is 1. The van der Waals surface area contributed by atoms with Gasteiger partial charge < -0.3 is 21.5 Å². The molecule has 1 aromatic heterocycles. The molecule has 1 aromatic carbocycles. The van der Waals surface area contributed by atoms with Crippen LogP contribution in [-0.4, -0.2) is 39.0 Å². The lowest BCUT2D eigenvalue weighted by molar-refractivity contribution is -0.137. The number of anilines is 2. The van der Waals surface area contributed by atoms with Gasteiger partial charge in [-0.05, 0) is 88.6 Å². The van der Waals surface area contributed by atoms with Crippen LogP contribution in [0.3, 0.4) is 0 Å². The fourth-order valence-corrected chi connectivity index (χ4v) is 5.32. The van der Waals surface area contributed by atoms with E-state index in [4.69, 9.17) is 5.73 Å². The number of nitrogens with one attached hydrogen (secondary N) is 2. The predicted molar refractivity (Wildman–Crippen MR) is 132 cm³/mol. The van der Waals surface area contributed by atoms with Gasteiger partial charge in [-0.1, -0.05) is 0 Å². The number of amides is 1. The zero-order valence-electron chi connectivity index (χ0n) is 20.9. The number of benzene rings is 1. The Morgan fingerprint density at radius 3 is 2.46 bits per heavy atom. The van der Waals surface area contributed by atoms with E-state index in [2.05, 4.69) is 21.8 Å². The van der Waals surface area contributed by atoms with Gasteiger partial charge in [0, 0.05) is 17.9 Å². The molecule has 0 saturated heterocycles. The van der Waals surface area contributed by atoms with E-state index in [1.807, 2.05) is 13.8 Å². The van der Waals surface area contributed by atoms with Crippen LogP contribution in [0.2, 0.25) is 0 Å². The maximum Gasteiger partial charge on any atom is 0.416 e. The standard InChI is InChI=1S/C26H33F3N6O2/c1-25(2,37)18-9-15(10-18)13-32-20-7-8-22(16(11-20)12-30)35-14-21(23(31)36)24(34-35)33-19-5-3-17(4-6-19)26(27,28)29/h3-6,14-16,18,20,22,32,37H,7-11,13H2,1-2H3,(H2,31,36)(H,33,34)/t15?,16?,18?,20-,22+/m0/s1. The van der Waals surface area contributed by atoms with E-state index in [1.54, 1.807) is 4.68 Å². The quantitative estimate of drug-likeness (QED) is 0.411. The smallest absolute Gasteiger partial charge is 0.390 e. The minimum atomic E-state index is -4.45. The topological polar surface area (TPSA) is 129 Å². The Kier molecular flexibility index (Phi) is 7.53. The first kappa shape index (κ1) is 26.9. The van der Waals surface area contributed by atoms with Crippen LogP contribution in [0, 0.1) is 29.1 Å². The summed E-state index contributed by atoms with van der Waals surface area (Å²) in [6.45, 7) is 4.56. The zero-order chi connectivity index (χ0) is 27.0. The van der Waals surface area contributed by atoms with Crippen LogP contribution in [0.4, 0.5) is 24.7 Å². The zero-order valence-corrected chi connectivity index (χ0v) is 20.9. The van der Waals surface area contributed by atoms with Gasteiger partial charge >= 0.3 is 6.18 Å². The number of nitriles is 1. The van der Waals surface area contributed by atoms with Crippen molar-refractivity contribution in [2.75, 3.05) is 11.9 Å². The summed E-state index contributed by atoms with van der Waals surface area (Å²) in [6, 6.07) is 6.71. The summed E-state index contributed by atoms with van der Waals surface area (Å²) in [6.07, 6.45) is 1.18. The van der Waals surface area contributed by atoms with Crippen LogP contribution in [-0.2, 0) is 6.18 Å². The van der Waals surface area contributed by atoms with Crippen LogP contribution < -0.4 is 16.4 Å². The van der Waals surface area contributed by atoms with E-state index >= 15 is 0 Å². The average Bonchev–Trinajstić information content (AvgIpc) is 3.20. The Hall–Kier alpha value is -3.10. The van der Waals surface area contributed by atoms with Gasteiger partial charge in [0.15, 0.2) is 5.82 Å². The first-order valence-corrected chi connectivity index (χ1v) is 12.5. The average molecular weight is 519 g/mol. The van der Waals surface area contributed by atoms with E-state index in [0.29, 0.717) is 30.4 Å². The Labute approximate surface area is 214 Å². The number of hydrogen-bond donors (Lipinski definition) is 4. The monoisotopic (exact) mass is 518 g/mol. The molecule has 0 aliphatic heterocycles. The molecule has 2 aliphatic carbocycles. The highest BCUT2D eigenvalue weighted by Crippen LogP contribution is 2.41. The first-order chi connectivity index (χ1) is 17.3. The Bertz CT molecular complexity index is 1140. The van der Waals surface area contributed by atoms with Crippen LogP contribution in [0.1, 0.15) is 67.9 Å². The minimum absolute atomic E-state index is 0.100. The number of halogens is 3. The van der Waals surface area contributed by atoms with Crippen LogP contribution in [0.15, 0.2) is 30.5 Å². The van der Waals surface area contributed by atoms with Crippen molar-refractivity contribution >= 4 is 17.4 Å². The lowest BCUT2D eigenvalue weighted by atomic mass is 9.67. The molecule has 4 rings (SSSR count). The highest BCUT2D eigenvalue weighted by atomic mass is 19.4. The van der Waals surface area contributed by atoms with Crippen molar-refractivity contribution in [2.45, 2.75) is 69.8 Å². The summed E-state index contributed by atoms with van der Waals surface area (Å²) in [5, 5.41) is 30.9. The molecule has 37 heavy (non-hydrogen) atoms. The third-order valence-corrected chi connectivity index (χ3v) is 7.72. The number of primary amides is 1. The number of carbonyl (C=O) groups is 1. The number of hydrogen-bond acceptors (Lipinski definition) is 6. The summed E-state index contributed by atoms with van der Waals surface area (Å²) in [7, 11) is 0. The van der Waals surface area contributed by atoms with Crippen molar-refractivity contribution < 1.29 is 23.1 Å². The molecule has 1 heterocycles. The molecule has 2 aliphatic rings. The molecule has 0 radical (unpaired) electrons. The van der Waals surface area contributed by atoms with Crippen molar-refractivity contribution in [3.63, 3.8) is 0 Å². The molecule has 200 valence electrons. The van der Waals surface area contributed by atoms with E-state index < -0.39 is 23.2 Å². The lowest BCUT2D eigenvalue weighted by Crippen LogP contribution is -2.46. The van der Waals surface area contributed by atoms with Gasteiger partial charge in [-0.2, -0.15) is 23.5 Å². The molecule has 0 bridgehead atoms. The summed E-state index contributed by atoms with van der Waals surface area (Å²) >= 11 is 0.